The second-order valence-corrected chi connectivity index (χ2v) is 15.0. The Bertz CT molecular complexity index is 1020. The first-order chi connectivity index (χ1) is 16.5. The van der Waals surface area contributed by atoms with Gasteiger partial charge in [-0.25, -0.2) is 0 Å². The third-order valence-corrected chi connectivity index (χ3v) is 13.1. The van der Waals surface area contributed by atoms with Crippen molar-refractivity contribution in [2.24, 2.45) is 50.2 Å². The van der Waals surface area contributed by atoms with E-state index < -0.39 is 40.4 Å². The first-order valence-electron chi connectivity index (χ1n) is 14.0. The van der Waals surface area contributed by atoms with Crippen LogP contribution < -0.4 is 0 Å². The molecular formula is C30H46O6. The van der Waals surface area contributed by atoms with Crippen molar-refractivity contribution >= 4 is 11.9 Å². The molecule has 202 valence electrons. The molecular weight excluding hydrogens is 456 g/mol. The molecule has 0 aromatic rings. The van der Waals surface area contributed by atoms with Crippen molar-refractivity contribution in [1.82, 2.24) is 0 Å². The number of hydrogen-bond acceptors (Lipinski definition) is 4. The van der Waals surface area contributed by atoms with Crippen molar-refractivity contribution in [1.29, 1.82) is 0 Å². The minimum Gasteiger partial charge on any atom is -0.481 e. The maximum Gasteiger partial charge on any atom is 0.312 e. The molecule has 0 aromatic heterocycles. The SMILES string of the molecule is CC1(C)CC[C@]2(C(=O)O)CC[C@@]3(C)C(=CC[C@H]4[C@@]5(C)C[C@H](O)[C@H](O)[C@@](C)(C(=O)O)[C@H]5CC[C@]43C)[C@H]2C1. The first kappa shape index (κ1) is 26.2. The van der Waals surface area contributed by atoms with Crippen LogP contribution in [0.5, 0.6) is 0 Å². The van der Waals surface area contributed by atoms with Crippen LogP contribution in [0.25, 0.3) is 0 Å². The highest BCUT2D eigenvalue weighted by Crippen LogP contribution is 2.75. The van der Waals surface area contributed by atoms with Crippen molar-refractivity contribution in [2.75, 3.05) is 0 Å². The third-order valence-electron chi connectivity index (χ3n) is 13.1. The molecule has 0 saturated heterocycles. The average molecular weight is 503 g/mol. The molecule has 10 atom stereocenters. The van der Waals surface area contributed by atoms with E-state index in [-0.39, 0.29) is 34.0 Å². The maximum absolute atomic E-state index is 12.8. The Morgan fingerprint density at radius 3 is 2.08 bits per heavy atom. The smallest absolute Gasteiger partial charge is 0.312 e. The number of carbonyl (C=O) groups is 2. The van der Waals surface area contributed by atoms with Crippen LogP contribution in [-0.2, 0) is 9.59 Å². The van der Waals surface area contributed by atoms with Crippen molar-refractivity contribution in [3.05, 3.63) is 11.6 Å². The van der Waals surface area contributed by atoms with Gasteiger partial charge in [-0.3, -0.25) is 9.59 Å². The van der Waals surface area contributed by atoms with Gasteiger partial charge in [-0.2, -0.15) is 0 Å². The molecule has 4 fully saturated rings. The van der Waals surface area contributed by atoms with E-state index >= 15 is 0 Å². The van der Waals surface area contributed by atoms with Gasteiger partial charge in [0.05, 0.1) is 23.0 Å². The summed E-state index contributed by atoms with van der Waals surface area (Å²) < 4.78 is 0. The van der Waals surface area contributed by atoms with Gasteiger partial charge in [-0.1, -0.05) is 46.3 Å². The van der Waals surface area contributed by atoms with E-state index in [0.29, 0.717) is 19.3 Å². The van der Waals surface area contributed by atoms with Gasteiger partial charge in [0, 0.05) is 0 Å². The van der Waals surface area contributed by atoms with Crippen LogP contribution in [-0.4, -0.2) is 44.6 Å². The monoisotopic (exact) mass is 502 g/mol. The van der Waals surface area contributed by atoms with Crippen LogP contribution in [0.2, 0.25) is 0 Å². The van der Waals surface area contributed by atoms with E-state index in [1.165, 1.54) is 5.57 Å². The van der Waals surface area contributed by atoms with Gasteiger partial charge < -0.3 is 20.4 Å². The van der Waals surface area contributed by atoms with Crippen LogP contribution in [0.4, 0.5) is 0 Å². The Balaban J connectivity index is 1.62. The lowest BCUT2D eigenvalue weighted by molar-refractivity contribution is -0.239. The number of aliphatic hydroxyl groups excluding tert-OH is 2. The van der Waals surface area contributed by atoms with E-state index in [1.54, 1.807) is 6.92 Å². The van der Waals surface area contributed by atoms with Crippen LogP contribution >= 0.6 is 0 Å². The van der Waals surface area contributed by atoms with Crippen molar-refractivity contribution in [2.45, 2.75) is 112 Å². The molecule has 0 aromatic carbocycles. The molecule has 4 saturated carbocycles. The molecule has 0 unspecified atom stereocenters. The summed E-state index contributed by atoms with van der Waals surface area (Å²) in [6.45, 7) is 13.0. The van der Waals surface area contributed by atoms with Crippen LogP contribution in [0.1, 0.15) is 99.3 Å². The lowest BCUT2D eigenvalue weighted by Gasteiger charge is -2.71. The molecule has 0 aliphatic heterocycles. The summed E-state index contributed by atoms with van der Waals surface area (Å²) in [6, 6.07) is 0. The zero-order valence-corrected chi connectivity index (χ0v) is 22.9. The van der Waals surface area contributed by atoms with Crippen LogP contribution in [0.3, 0.4) is 0 Å². The van der Waals surface area contributed by atoms with Gasteiger partial charge >= 0.3 is 11.9 Å². The molecule has 5 rings (SSSR count). The molecule has 6 heteroatoms. The normalized spacial score (nSPS) is 53.7. The molecule has 0 spiro atoms. The van der Waals surface area contributed by atoms with Crippen molar-refractivity contribution in [3.8, 4) is 0 Å². The maximum atomic E-state index is 12.8. The van der Waals surface area contributed by atoms with Crippen LogP contribution in [0, 0.1) is 50.2 Å². The Hall–Kier alpha value is -1.40. The van der Waals surface area contributed by atoms with Crippen LogP contribution in [0.15, 0.2) is 11.6 Å². The molecule has 5 aliphatic rings. The minimum atomic E-state index is -1.39. The number of carboxylic acids is 2. The fraction of sp³-hybridized carbons (Fsp3) is 0.867. The molecule has 0 bridgehead atoms. The molecule has 6 nitrogen and oxygen atoms in total. The number of carboxylic acid groups (broad SMARTS) is 2. The number of allylic oxidation sites excluding steroid dienone is 2. The summed E-state index contributed by atoms with van der Waals surface area (Å²) in [5.74, 6) is -1.71. The standard InChI is InChI=1S/C30H46O6/c1-25(2)11-13-30(24(35)36)14-12-27(4)17(18(30)15-25)7-8-20-26(3)16-19(31)22(32)29(6,23(33)34)21(26)9-10-28(20,27)5/h7,18-22,31-32H,8-16H2,1-6H3,(H,33,34)(H,35,36)/t18-,19+,20+,21+,22+,26-,27+,28-,29+,30+/m1/s1. The Kier molecular flexibility index (Phi) is 5.53. The fourth-order valence-electron chi connectivity index (χ4n) is 10.7. The van der Waals surface area contributed by atoms with Gasteiger partial charge in [-0.05, 0) is 104 Å². The predicted molar refractivity (Wildman–Crippen MR) is 136 cm³/mol. The van der Waals surface area contributed by atoms with Crippen molar-refractivity contribution in [3.63, 3.8) is 0 Å². The van der Waals surface area contributed by atoms with E-state index in [4.69, 9.17) is 0 Å². The van der Waals surface area contributed by atoms with Gasteiger partial charge in [0.25, 0.3) is 0 Å². The minimum absolute atomic E-state index is 0.0314. The van der Waals surface area contributed by atoms with E-state index in [2.05, 4.69) is 40.7 Å². The largest absolute Gasteiger partial charge is 0.481 e. The van der Waals surface area contributed by atoms with E-state index in [1.807, 2.05) is 0 Å². The Labute approximate surface area is 215 Å². The Morgan fingerprint density at radius 2 is 1.47 bits per heavy atom. The van der Waals surface area contributed by atoms with Crippen molar-refractivity contribution < 1.29 is 30.0 Å². The molecule has 5 aliphatic carbocycles. The highest BCUT2D eigenvalue weighted by Gasteiger charge is 2.71. The second kappa shape index (κ2) is 7.59. The number of fused-ring (bicyclic) bond motifs is 7. The summed E-state index contributed by atoms with van der Waals surface area (Å²) in [6.07, 6.45) is 6.80. The average Bonchev–Trinajstić information content (AvgIpc) is 2.77. The lowest BCUT2D eigenvalue weighted by Crippen LogP contribution is -2.68. The predicted octanol–water partition coefficient (Wildman–Crippen LogP) is 5.27. The molecule has 36 heavy (non-hydrogen) atoms. The zero-order chi connectivity index (χ0) is 26.7. The third kappa shape index (κ3) is 2.98. The number of aliphatic carboxylic acids is 2. The second-order valence-electron chi connectivity index (χ2n) is 15.0. The number of hydrogen-bond donors (Lipinski definition) is 4. The molecule has 0 heterocycles. The van der Waals surface area contributed by atoms with Gasteiger partial charge in [0.1, 0.15) is 0 Å². The Morgan fingerprint density at radius 1 is 0.833 bits per heavy atom. The number of aliphatic hydroxyl groups is 2. The summed E-state index contributed by atoms with van der Waals surface area (Å²) in [5, 5.41) is 42.6. The highest BCUT2D eigenvalue weighted by atomic mass is 16.4. The summed E-state index contributed by atoms with van der Waals surface area (Å²) in [4.78, 5) is 25.3. The fourth-order valence-corrected chi connectivity index (χ4v) is 10.7. The topological polar surface area (TPSA) is 115 Å². The first-order valence-corrected chi connectivity index (χ1v) is 14.0. The van der Waals surface area contributed by atoms with Gasteiger partial charge in [0.2, 0.25) is 0 Å². The quantitative estimate of drug-likeness (QED) is 0.383. The summed E-state index contributed by atoms with van der Waals surface area (Å²) >= 11 is 0. The molecule has 4 N–H and O–H groups in total. The van der Waals surface area contributed by atoms with Gasteiger partial charge in [-0.15, -0.1) is 0 Å². The lowest BCUT2D eigenvalue weighted by atomic mass is 9.33. The summed E-state index contributed by atoms with van der Waals surface area (Å²) in [5.41, 5.74) is -1.36. The molecule has 0 radical (unpaired) electrons. The van der Waals surface area contributed by atoms with Gasteiger partial charge in [0.15, 0.2) is 0 Å². The number of rotatable bonds is 2. The highest BCUT2D eigenvalue weighted by molar-refractivity contribution is 5.77. The van der Waals surface area contributed by atoms with E-state index in [0.717, 1.165) is 38.5 Å². The molecule has 0 amide bonds. The van der Waals surface area contributed by atoms with E-state index in [9.17, 15) is 30.0 Å². The zero-order valence-electron chi connectivity index (χ0n) is 22.9. The summed E-state index contributed by atoms with van der Waals surface area (Å²) in [7, 11) is 0.